The van der Waals surface area contributed by atoms with E-state index in [1.165, 1.54) is 11.1 Å². The normalized spacial score (nSPS) is 16.3. The maximum atomic E-state index is 5.91. The summed E-state index contributed by atoms with van der Waals surface area (Å²) in [7, 11) is 0. The number of hydrogen-bond acceptors (Lipinski definition) is 4. The highest BCUT2D eigenvalue weighted by Gasteiger charge is 2.32. The van der Waals surface area contributed by atoms with E-state index in [9.17, 15) is 0 Å². The van der Waals surface area contributed by atoms with E-state index in [0.717, 1.165) is 29.9 Å². The van der Waals surface area contributed by atoms with Crippen molar-refractivity contribution in [3.63, 3.8) is 0 Å². The lowest BCUT2D eigenvalue weighted by molar-refractivity contribution is 0.344. The van der Waals surface area contributed by atoms with Crippen LogP contribution in [0.3, 0.4) is 0 Å². The molecule has 1 aliphatic carbocycles. The Labute approximate surface area is 216 Å². The van der Waals surface area contributed by atoms with Gasteiger partial charge in [0, 0.05) is 23.0 Å². The summed E-state index contributed by atoms with van der Waals surface area (Å²) in [4.78, 5) is 15.9. The van der Waals surface area contributed by atoms with E-state index < -0.39 is 0 Å². The van der Waals surface area contributed by atoms with Gasteiger partial charge in [0.25, 0.3) is 0 Å². The molecule has 0 unspecified atom stereocenters. The fraction of sp³-hybridized carbons (Fsp3) is 0.259. The van der Waals surface area contributed by atoms with Gasteiger partial charge in [0.2, 0.25) is 10.6 Å². The van der Waals surface area contributed by atoms with E-state index in [1.54, 1.807) is 13.0 Å². The highest BCUT2D eigenvalue weighted by molar-refractivity contribution is 6.31. The standard InChI is InChI=1S/C15H15ClN2.C7H8.C5H4Cl2N2/c1-10-7-14(18-15(16)17-10)13-8-12(9-13)11-5-3-2-4-6-11;1-7-5-3-2-4-6-7;1-3-2-4(6)9-5(7)8-3/h2-7,12-13H,8-9H2,1H3;2-6H,1H3;2H,1H3. The van der Waals surface area contributed by atoms with Crippen LogP contribution < -0.4 is 0 Å². The van der Waals surface area contributed by atoms with Gasteiger partial charge in [0.1, 0.15) is 5.15 Å². The summed E-state index contributed by atoms with van der Waals surface area (Å²) in [5.41, 5.74) is 5.58. The van der Waals surface area contributed by atoms with Crippen molar-refractivity contribution in [2.24, 2.45) is 0 Å². The minimum atomic E-state index is 0.194. The highest BCUT2D eigenvalue weighted by atomic mass is 35.5. The molecule has 176 valence electrons. The van der Waals surface area contributed by atoms with Crippen molar-refractivity contribution >= 4 is 34.8 Å². The zero-order valence-electron chi connectivity index (χ0n) is 19.4. The van der Waals surface area contributed by atoms with Crippen LogP contribution in [0.25, 0.3) is 0 Å². The second kappa shape index (κ2) is 12.8. The van der Waals surface area contributed by atoms with Gasteiger partial charge in [0.05, 0.1) is 0 Å². The Morgan fingerprint density at radius 2 is 1.15 bits per heavy atom. The van der Waals surface area contributed by atoms with Gasteiger partial charge in [-0.05, 0) is 80.4 Å². The van der Waals surface area contributed by atoms with E-state index >= 15 is 0 Å². The number of halogens is 3. The number of hydrogen-bond donors (Lipinski definition) is 0. The maximum Gasteiger partial charge on any atom is 0.223 e. The Morgan fingerprint density at radius 3 is 1.62 bits per heavy atom. The first-order valence-corrected chi connectivity index (χ1v) is 12.2. The topological polar surface area (TPSA) is 51.6 Å². The monoisotopic (exact) mass is 512 g/mol. The Bertz CT molecular complexity index is 1110. The summed E-state index contributed by atoms with van der Waals surface area (Å²) < 4.78 is 0. The summed E-state index contributed by atoms with van der Waals surface area (Å²) in [6, 6.07) is 24.6. The maximum absolute atomic E-state index is 5.91. The van der Waals surface area contributed by atoms with Crippen molar-refractivity contribution in [1.29, 1.82) is 0 Å². The first-order valence-electron chi connectivity index (χ1n) is 11.0. The van der Waals surface area contributed by atoms with E-state index in [1.807, 2.05) is 25.1 Å². The van der Waals surface area contributed by atoms with Crippen molar-refractivity contribution in [3.05, 3.63) is 117 Å². The first kappa shape index (κ1) is 26.1. The summed E-state index contributed by atoms with van der Waals surface area (Å²) >= 11 is 16.9. The van der Waals surface area contributed by atoms with Gasteiger partial charge in [-0.25, -0.2) is 19.9 Å². The summed E-state index contributed by atoms with van der Waals surface area (Å²) in [5.74, 6) is 1.21. The van der Waals surface area contributed by atoms with Crippen LogP contribution in [0.15, 0.2) is 72.8 Å². The van der Waals surface area contributed by atoms with Crippen LogP contribution in [0.5, 0.6) is 0 Å². The van der Waals surface area contributed by atoms with Crippen LogP contribution in [-0.2, 0) is 0 Å². The molecule has 4 nitrogen and oxygen atoms in total. The molecule has 0 saturated heterocycles. The van der Waals surface area contributed by atoms with Crippen molar-refractivity contribution in [2.45, 2.75) is 45.4 Å². The molecule has 4 aromatic rings. The lowest BCUT2D eigenvalue weighted by Crippen LogP contribution is -2.21. The van der Waals surface area contributed by atoms with E-state index in [0.29, 0.717) is 22.3 Å². The van der Waals surface area contributed by atoms with E-state index in [4.69, 9.17) is 34.8 Å². The molecule has 1 fully saturated rings. The minimum absolute atomic E-state index is 0.194. The quantitative estimate of drug-likeness (QED) is 0.200. The lowest BCUT2D eigenvalue weighted by Gasteiger charge is -2.35. The first-order chi connectivity index (χ1) is 16.3. The molecular formula is C27H27Cl3N4. The van der Waals surface area contributed by atoms with Crippen LogP contribution in [0.4, 0.5) is 0 Å². The zero-order chi connectivity index (χ0) is 24.5. The predicted molar refractivity (Wildman–Crippen MR) is 141 cm³/mol. The Kier molecular flexibility index (Phi) is 9.82. The molecule has 1 saturated carbocycles. The molecule has 0 atom stereocenters. The fourth-order valence-electron chi connectivity index (χ4n) is 3.65. The second-order valence-corrected chi connectivity index (χ2v) is 9.30. The fourth-order valence-corrected chi connectivity index (χ4v) is 4.39. The number of benzene rings is 2. The van der Waals surface area contributed by atoms with Gasteiger partial charge in [-0.15, -0.1) is 0 Å². The van der Waals surface area contributed by atoms with Gasteiger partial charge < -0.3 is 0 Å². The summed E-state index contributed by atoms with van der Waals surface area (Å²) in [5, 5.41) is 0.945. The number of rotatable bonds is 2. The van der Waals surface area contributed by atoms with Crippen LogP contribution >= 0.6 is 34.8 Å². The molecule has 0 amide bonds. The van der Waals surface area contributed by atoms with Crippen molar-refractivity contribution < 1.29 is 0 Å². The van der Waals surface area contributed by atoms with Gasteiger partial charge in [-0.1, -0.05) is 77.8 Å². The number of aromatic nitrogens is 4. The van der Waals surface area contributed by atoms with Gasteiger partial charge in [-0.2, -0.15) is 0 Å². The van der Waals surface area contributed by atoms with E-state index in [2.05, 4.69) is 75.4 Å². The van der Waals surface area contributed by atoms with Crippen LogP contribution in [0, 0.1) is 20.8 Å². The summed E-state index contributed by atoms with van der Waals surface area (Å²) in [6.45, 7) is 5.85. The second-order valence-electron chi connectivity index (χ2n) is 8.23. The third-order valence-corrected chi connectivity index (χ3v) is 5.94. The highest BCUT2D eigenvalue weighted by Crippen LogP contribution is 2.47. The number of aryl methyl sites for hydroxylation is 3. The van der Waals surface area contributed by atoms with Crippen LogP contribution in [-0.4, -0.2) is 19.9 Å². The third-order valence-electron chi connectivity index (χ3n) is 5.41. The Balaban J connectivity index is 0.000000168. The van der Waals surface area contributed by atoms with Gasteiger partial charge in [-0.3, -0.25) is 0 Å². The zero-order valence-corrected chi connectivity index (χ0v) is 21.7. The predicted octanol–water partition coefficient (Wildman–Crippen LogP) is 8.19. The molecule has 7 heteroatoms. The number of nitrogens with zero attached hydrogens (tertiary/aromatic N) is 4. The molecule has 5 rings (SSSR count). The van der Waals surface area contributed by atoms with Crippen molar-refractivity contribution in [3.8, 4) is 0 Å². The molecule has 0 N–H and O–H groups in total. The molecular weight excluding hydrogens is 487 g/mol. The third kappa shape index (κ3) is 8.35. The lowest BCUT2D eigenvalue weighted by atomic mass is 9.70. The molecule has 0 radical (unpaired) electrons. The average molecular weight is 514 g/mol. The largest absolute Gasteiger partial charge is 0.223 e. The molecule has 2 aromatic carbocycles. The smallest absolute Gasteiger partial charge is 0.223 e. The Hall–Kier alpha value is -2.53. The van der Waals surface area contributed by atoms with Crippen LogP contribution in [0.1, 0.15) is 52.9 Å². The minimum Gasteiger partial charge on any atom is -0.223 e. The van der Waals surface area contributed by atoms with E-state index in [-0.39, 0.29) is 5.28 Å². The molecule has 0 bridgehead atoms. The van der Waals surface area contributed by atoms with Gasteiger partial charge >= 0.3 is 0 Å². The molecule has 2 heterocycles. The molecule has 1 aliphatic rings. The van der Waals surface area contributed by atoms with Gasteiger partial charge in [0.15, 0.2) is 0 Å². The Morgan fingerprint density at radius 1 is 0.618 bits per heavy atom. The molecule has 0 spiro atoms. The van der Waals surface area contributed by atoms with Crippen LogP contribution in [0.2, 0.25) is 15.7 Å². The average Bonchev–Trinajstić information content (AvgIpc) is 2.73. The molecule has 0 aliphatic heterocycles. The van der Waals surface area contributed by atoms with Crippen molar-refractivity contribution in [2.75, 3.05) is 0 Å². The SMILES string of the molecule is Cc1cc(C2CC(c3ccccc3)C2)nc(Cl)n1.Cc1cc(Cl)nc(Cl)n1.Cc1ccccc1. The summed E-state index contributed by atoms with van der Waals surface area (Å²) in [6.07, 6.45) is 2.33. The molecule has 2 aromatic heterocycles. The van der Waals surface area contributed by atoms with Crippen molar-refractivity contribution in [1.82, 2.24) is 19.9 Å². The molecule has 34 heavy (non-hydrogen) atoms.